The zero-order valence-corrected chi connectivity index (χ0v) is 19.0. The molecule has 0 radical (unpaired) electrons. The van der Waals surface area contributed by atoms with Gasteiger partial charge in [-0.3, -0.25) is 14.3 Å². The van der Waals surface area contributed by atoms with Gasteiger partial charge in [0.15, 0.2) is 0 Å². The van der Waals surface area contributed by atoms with Crippen LogP contribution in [0.1, 0.15) is 24.1 Å². The summed E-state index contributed by atoms with van der Waals surface area (Å²) in [7, 11) is 0. The summed E-state index contributed by atoms with van der Waals surface area (Å²) in [5, 5.41) is 4.18. The molecule has 2 aliphatic rings. The fraction of sp³-hybridized carbons (Fsp3) is 0.500. The van der Waals surface area contributed by atoms with Crippen molar-refractivity contribution in [1.82, 2.24) is 14.5 Å². The second-order valence-electron chi connectivity index (χ2n) is 7.78. The maximum Gasteiger partial charge on any atom is 0.348 e. The van der Waals surface area contributed by atoms with Crippen LogP contribution in [-0.2, 0) is 28.9 Å². The molecule has 4 rings (SSSR count). The standard InChI is InChI=1S/C22H27ClN4O3S/c23-16-5-7-17(8-6-16)24-20(28)15-31-21-18-3-1-2-4-19(18)27(22(29)25-21)10-9-26-11-13-30-14-12-26/h5-8H,1-4,9-15H2,(H,24,28). The average molecular weight is 463 g/mol. The quantitative estimate of drug-likeness (QED) is 0.503. The first-order valence-corrected chi connectivity index (χ1v) is 12.1. The number of carbonyl (C=O) groups excluding carboxylic acids is 1. The molecule has 0 atom stereocenters. The third kappa shape index (κ3) is 5.88. The number of ether oxygens (including phenoxy) is 1. The van der Waals surface area contributed by atoms with E-state index in [2.05, 4.69) is 15.2 Å². The van der Waals surface area contributed by atoms with E-state index < -0.39 is 0 Å². The van der Waals surface area contributed by atoms with Crippen LogP contribution in [0.15, 0.2) is 34.1 Å². The maximum atomic E-state index is 12.8. The van der Waals surface area contributed by atoms with Crippen LogP contribution in [0, 0.1) is 0 Å². The molecule has 1 aliphatic carbocycles. The molecule has 1 amide bonds. The second-order valence-corrected chi connectivity index (χ2v) is 9.18. The zero-order valence-electron chi connectivity index (χ0n) is 17.4. The Morgan fingerprint density at radius 2 is 1.87 bits per heavy atom. The molecule has 1 aromatic carbocycles. The largest absolute Gasteiger partial charge is 0.379 e. The number of thioether (sulfide) groups is 1. The van der Waals surface area contributed by atoms with E-state index in [1.807, 2.05) is 4.57 Å². The van der Waals surface area contributed by atoms with Crippen LogP contribution in [0.2, 0.25) is 5.02 Å². The monoisotopic (exact) mass is 462 g/mol. The number of aromatic nitrogens is 2. The highest BCUT2D eigenvalue weighted by atomic mass is 35.5. The summed E-state index contributed by atoms with van der Waals surface area (Å²) in [6.07, 6.45) is 3.96. The Balaban J connectivity index is 1.44. The van der Waals surface area contributed by atoms with Crippen molar-refractivity contribution in [2.75, 3.05) is 43.9 Å². The van der Waals surface area contributed by atoms with E-state index in [1.165, 1.54) is 11.8 Å². The lowest BCUT2D eigenvalue weighted by molar-refractivity contribution is -0.113. The molecule has 0 saturated carbocycles. The smallest absolute Gasteiger partial charge is 0.348 e. The SMILES string of the molecule is O=C(CSc1nc(=O)n(CCN2CCOCC2)c2c1CCCC2)Nc1ccc(Cl)cc1. The highest BCUT2D eigenvalue weighted by Crippen LogP contribution is 2.28. The van der Waals surface area contributed by atoms with Gasteiger partial charge in [-0.1, -0.05) is 23.4 Å². The number of nitrogens with zero attached hydrogens (tertiary/aromatic N) is 3. The van der Waals surface area contributed by atoms with Crippen molar-refractivity contribution in [3.63, 3.8) is 0 Å². The van der Waals surface area contributed by atoms with E-state index in [0.717, 1.165) is 69.8 Å². The van der Waals surface area contributed by atoms with Crippen molar-refractivity contribution in [3.05, 3.63) is 51.0 Å². The van der Waals surface area contributed by atoms with Crippen LogP contribution < -0.4 is 11.0 Å². The van der Waals surface area contributed by atoms with Gasteiger partial charge in [0.2, 0.25) is 5.91 Å². The topological polar surface area (TPSA) is 76.5 Å². The Morgan fingerprint density at radius 1 is 1.13 bits per heavy atom. The number of benzene rings is 1. The van der Waals surface area contributed by atoms with Crippen molar-refractivity contribution in [1.29, 1.82) is 0 Å². The van der Waals surface area contributed by atoms with Crippen molar-refractivity contribution >= 4 is 35.0 Å². The van der Waals surface area contributed by atoms with Crippen molar-refractivity contribution < 1.29 is 9.53 Å². The Bertz CT molecular complexity index is 974. The van der Waals surface area contributed by atoms with Gasteiger partial charge in [0.1, 0.15) is 5.03 Å². The van der Waals surface area contributed by atoms with E-state index in [9.17, 15) is 9.59 Å². The van der Waals surface area contributed by atoms with Gasteiger partial charge in [0, 0.05) is 48.1 Å². The van der Waals surface area contributed by atoms with Gasteiger partial charge in [0.05, 0.1) is 19.0 Å². The fourth-order valence-corrected chi connectivity index (χ4v) is 5.03. The van der Waals surface area contributed by atoms with Gasteiger partial charge < -0.3 is 10.1 Å². The molecule has 2 heterocycles. The lowest BCUT2D eigenvalue weighted by Crippen LogP contribution is -2.40. The Labute approximate surface area is 191 Å². The molecule has 1 aromatic heterocycles. The predicted molar refractivity (Wildman–Crippen MR) is 123 cm³/mol. The highest BCUT2D eigenvalue weighted by Gasteiger charge is 2.22. The van der Waals surface area contributed by atoms with Crippen LogP contribution in [0.5, 0.6) is 0 Å². The Hall–Kier alpha value is -1.87. The van der Waals surface area contributed by atoms with Crippen molar-refractivity contribution in [2.45, 2.75) is 37.3 Å². The Kier molecular flexibility index (Phi) is 7.66. The van der Waals surface area contributed by atoms with E-state index in [-0.39, 0.29) is 17.3 Å². The molecule has 0 unspecified atom stereocenters. The number of nitrogens with one attached hydrogen (secondary N) is 1. The summed E-state index contributed by atoms with van der Waals surface area (Å²) in [4.78, 5) is 31.9. The minimum Gasteiger partial charge on any atom is -0.379 e. The minimum atomic E-state index is -0.213. The molecule has 166 valence electrons. The molecule has 1 fully saturated rings. The molecule has 1 saturated heterocycles. The highest BCUT2D eigenvalue weighted by molar-refractivity contribution is 8.00. The maximum absolute atomic E-state index is 12.8. The van der Waals surface area contributed by atoms with E-state index in [4.69, 9.17) is 16.3 Å². The molecular formula is C22H27ClN4O3S. The number of anilines is 1. The first-order chi connectivity index (χ1) is 15.1. The van der Waals surface area contributed by atoms with Crippen LogP contribution in [0.3, 0.4) is 0 Å². The van der Waals surface area contributed by atoms with E-state index in [1.54, 1.807) is 24.3 Å². The van der Waals surface area contributed by atoms with Gasteiger partial charge in [-0.2, -0.15) is 4.98 Å². The normalized spacial score (nSPS) is 16.7. The summed E-state index contributed by atoms with van der Waals surface area (Å²) in [6, 6.07) is 7.00. The van der Waals surface area contributed by atoms with Gasteiger partial charge in [-0.15, -0.1) is 0 Å². The van der Waals surface area contributed by atoms with Gasteiger partial charge in [-0.25, -0.2) is 4.79 Å². The molecule has 9 heteroatoms. The summed E-state index contributed by atoms with van der Waals surface area (Å²) >= 11 is 7.23. The number of carbonyl (C=O) groups is 1. The van der Waals surface area contributed by atoms with Gasteiger partial charge >= 0.3 is 5.69 Å². The third-order valence-corrected chi connectivity index (χ3v) is 6.93. The first kappa shape index (κ1) is 22.3. The number of amides is 1. The van der Waals surface area contributed by atoms with E-state index >= 15 is 0 Å². The fourth-order valence-electron chi connectivity index (χ4n) is 4.03. The Morgan fingerprint density at radius 3 is 2.65 bits per heavy atom. The zero-order chi connectivity index (χ0) is 21.6. The number of halogens is 1. The molecule has 2 aromatic rings. The molecule has 0 bridgehead atoms. The molecule has 0 spiro atoms. The van der Waals surface area contributed by atoms with Crippen LogP contribution in [0.4, 0.5) is 5.69 Å². The van der Waals surface area contributed by atoms with Crippen molar-refractivity contribution in [3.8, 4) is 0 Å². The minimum absolute atomic E-state index is 0.129. The number of hydrogen-bond donors (Lipinski definition) is 1. The molecule has 31 heavy (non-hydrogen) atoms. The molecular weight excluding hydrogens is 436 g/mol. The van der Waals surface area contributed by atoms with Gasteiger partial charge in [-0.05, 0) is 49.9 Å². The van der Waals surface area contributed by atoms with Crippen LogP contribution >= 0.6 is 23.4 Å². The molecule has 7 nitrogen and oxygen atoms in total. The third-order valence-electron chi connectivity index (χ3n) is 5.66. The number of morpholine rings is 1. The number of fused-ring (bicyclic) bond motifs is 1. The van der Waals surface area contributed by atoms with Gasteiger partial charge in [0.25, 0.3) is 0 Å². The predicted octanol–water partition coefficient (Wildman–Crippen LogP) is 2.84. The van der Waals surface area contributed by atoms with Crippen molar-refractivity contribution in [2.24, 2.45) is 0 Å². The molecule has 1 N–H and O–H groups in total. The number of hydrogen-bond acceptors (Lipinski definition) is 6. The molecule has 1 aliphatic heterocycles. The summed E-state index contributed by atoms with van der Waals surface area (Å²) in [5.74, 6) is 0.0782. The van der Waals surface area contributed by atoms with Crippen LogP contribution in [0.25, 0.3) is 0 Å². The second kappa shape index (κ2) is 10.6. The summed E-state index contributed by atoms with van der Waals surface area (Å²) in [5.41, 5.74) is 2.72. The lowest BCUT2D eigenvalue weighted by Gasteiger charge is -2.28. The number of rotatable bonds is 7. The first-order valence-electron chi connectivity index (χ1n) is 10.7. The summed E-state index contributed by atoms with van der Waals surface area (Å²) < 4.78 is 7.26. The van der Waals surface area contributed by atoms with Crippen LogP contribution in [-0.4, -0.2) is 59.0 Å². The van der Waals surface area contributed by atoms with E-state index in [0.29, 0.717) is 22.3 Å². The summed E-state index contributed by atoms with van der Waals surface area (Å²) in [6.45, 7) is 4.78. The average Bonchev–Trinajstić information content (AvgIpc) is 2.79. The lowest BCUT2D eigenvalue weighted by atomic mass is 9.97.